The average molecular weight is 177 g/mol. The van der Waals surface area contributed by atoms with Crippen molar-refractivity contribution in [2.75, 3.05) is 7.05 Å². The summed E-state index contributed by atoms with van der Waals surface area (Å²) in [5.41, 5.74) is 1.06. The number of H-pyrrole nitrogens is 1. The van der Waals surface area contributed by atoms with E-state index in [4.69, 9.17) is 0 Å². The molecule has 13 heavy (non-hydrogen) atoms. The van der Waals surface area contributed by atoms with Gasteiger partial charge in [0.05, 0.1) is 0 Å². The van der Waals surface area contributed by atoms with Crippen molar-refractivity contribution in [2.45, 2.75) is 19.3 Å². The lowest BCUT2D eigenvalue weighted by molar-refractivity contribution is 0.817. The fourth-order valence-electron chi connectivity index (χ4n) is 1.18. The Hall–Kier alpha value is -1.38. The van der Waals surface area contributed by atoms with Gasteiger partial charge in [-0.25, -0.2) is 4.98 Å². The molecule has 0 saturated carbocycles. The van der Waals surface area contributed by atoms with Crippen LogP contribution in [0.15, 0.2) is 30.0 Å². The van der Waals surface area contributed by atoms with E-state index in [1.165, 1.54) is 0 Å². The fourth-order valence-corrected chi connectivity index (χ4v) is 1.18. The highest BCUT2D eigenvalue weighted by Crippen LogP contribution is 2.00. The first-order chi connectivity index (χ1) is 6.36. The fraction of sp³-hybridized carbons (Fsp3) is 0.400. The molecule has 3 nitrogen and oxygen atoms in total. The summed E-state index contributed by atoms with van der Waals surface area (Å²) in [5.74, 6) is 1.04. The normalized spacial score (nSPS) is 11.6. The molecule has 0 spiro atoms. The molecule has 0 saturated heterocycles. The summed E-state index contributed by atoms with van der Waals surface area (Å²) in [6, 6.07) is 0. The number of allylic oxidation sites excluding steroid dienone is 1. The smallest absolute Gasteiger partial charge is 0.106 e. The molecule has 1 rings (SSSR count). The van der Waals surface area contributed by atoms with Gasteiger partial charge in [0.2, 0.25) is 0 Å². The molecule has 3 heteroatoms. The van der Waals surface area contributed by atoms with Crippen molar-refractivity contribution >= 4 is 5.71 Å². The Kier molecular flexibility index (Phi) is 3.96. The van der Waals surface area contributed by atoms with Gasteiger partial charge in [0.15, 0.2) is 0 Å². The van der Waals surface area contributed by atoms with Crippen LogP contribution in [0.2, 0.25) is 0 Å². The van der Waals surface area contributed by atoms with Crippen molar-refractivity contribution < 1.29 is 0 Å². The second-order valence-corrected chi connectivity index (χ2v) is 2.81. The van der Waals surface area contributed by atoms with Crippen molar-refractivity contribution in [1.29, 1.82) is 0 Å². The van der Waals surface area contributed by atoms with Gasteiger partial charge in [-0.1, -0.05) is 6.58 Å². The maximum absolute atomic E-state index is 4.14. The predicted octanol–water partition coefficient (Wildman–Crippen LogP) is 1.99. The second kappa shape index (κ2) is 5.30. The lowest BCUT2D eigenvalue weighted by Crippen LogP contribution is -1.95. The molecule has 0 radical (unpaired) electrons. The number of hydrogen-bond donors (Lipinski definition) is 1. The van der Waals surface area contributed by atoms with E-state index >= 15 is 0 Å². The highest BCUT2D eigenvalue weighted by atomic mass is 14.9. The van der Waals surface area contributed by atoms with Crippen LogP contribution in [0, 0.1) is 0 Å². The minimum Gasteiger partial charge on any atom is -0.349 e. The van der Waals surface area contributed by atoms with Crippen molar-refractivity contribution in [2.24, 2.45) is 4.99 Å². The topological polar surface area (TPSA) is 41.0 Å². The molecule has 1 aromatic heterocycles. The number of aromatic amines is 1. The minimum absolute atomic E-state index is 0.972. The van der Waals surface area contributed by atoms with E-state index in [2.05, 4.69) is 21.5 Å². The van der Waals surface area contributed by atoms with Gasteiger partial charge < -0.3 is 4.98 Å². The second-order valence-electron chi connectivity index (χ2n) is 2.81. The van der Waals surface area contributed by atoms with Gasteiger partial charge >= 0.3 is 0 Å². The number of aryl methyl sites for hydroxylation is 1. The van der Waals surface area contributed by atoms with Crippen molar-refractivity contribution in [1.82, 2.24) is 9.97 Å². The van der Waals surface area contributed by atoms with Crippen LogP contribution in [-0.4, -0.2) is 22.7 Å². The molecule has 0 bridgehead atoms. The number of rotatable bonds is 5. The first-order valence-corrected chi connectivity index (χ1v) is 4.43. The SMILES string of the molecule is C=CC(CCCc1ncc[nH]1)=NC. The third-order valence-electron chi connectivity index (χ3n) is 1.92. The van der Waals surface area contributed by atoms with E-state index in [1.807, 2.05) is 12.3 Å². The minimum atomic E-state index is 0.972. The summed E-state index contributed by atoms with van der Waals surface area (Å²) in [5, 5.41) is 0. The number of imidazole rings is 1. The van der Waals surface area contributed by atoms with E-state index < -0.39 is 0 Å². The van der Waals surface area contributed by atoms with Crippen LogP contribution < -0.4 is 0 Å². The summed E-state index contributed by atoms with van der Waals surface area (Å²) in [6.07, 6.45) is 8.43. The van der Waals surface area contributed by atoms with Crippen LogP contribution in [0.25, 0.3) is 0 Å². The Balaban J connectivity index is 2.25. The molecule has 0 atom stereocenters. The van der Waals surface area contributed by atoms with Crippen LogP contribution in [0.1, 0.15) is 18.7 Å². The zero-order chi connectivity index (χ0) is 9.52. The monoisotopic (exact) mass is 177 g/mol. The van der Waals surface area contributed by atoms with Crippen molar-refractivity contribution in [3.05, 3.63) is 30.9 Å². The van der Waals surface area contributed by atoms with Gasteiger partial charge in [-0.15, -0.1) is 0 Å². The quantitative estimate of drug-likeness (QED) is 0.686. The molecule has 70 valence electrons. The molecule has 1 aromatic rings. The van der Waals surface area contributed by atoms with Gasteiger partial charge in [0.1, 0.15) is 5.82 Å². The highest BCUT2D eigenvalue weighted by molar-refractivity contribution is 5.94. The summed E-state index contributed by atoms with van der Waals surface area (Å²) in [4.78, 5) is 11.3. The Morgan fingerprint density at radius 3 is 3.15 bits per heavy atom. The molecular weight excluding hydrogens is 162 g/mol. The number of aromatic nitrogens is 2. The molecule has 0 unspecified atom stereocenters. The van der Waals surface area contributed by atoms with E-state index in [1.54, 1.807) is 13.2 Å². The van der Waals surface area contributed by atoms with Crippen molar-refractivity contribution in [3.8, 4) is 0 Å². The number of hydrogen-bond acceptors (Lipinski definition) is 2. The zero-order valence-electron chi connectivity index (χ0n) is 7.95. The Morgan fingerprint density at radius 1 is 1.77 bits per heavy atom. The van der Waals surface area contributed by atoms with E-state index in [0.717, 1.165) is 30.8 Å². The van der Waals surface area contributed by atoms with Gasteiger partial charge in [0, 0.05) is 31.6 Å². The maximum Gasteiger partial charge on any atom is 0.106 e. The molecule has 0 aliphatic heterocycles. The molecule has 1 N–H and O–H groups in total. The first-order valence-electron chi connectivity index (χ1n) is 4.43. The van der Waals surface area contributed by atoms with Gasteiger partial charge in [-0.05, 0) is 18.9 Å². The van der Waals surface area contributed by atoms with Crippen LogP contribution in [0.3, 0.4) is 0 Å². The van der Waals surface area contributed by atoms with Gasteiger partial charge in [-0.2, -0.15) is 0 Å². The Morgan fingerprint density at radius 2 is 2.62 bits per heavy atom. The summed E-state index contributed by atoms with van der Waals surface area (Å²) in [6.45, 7) is 3.69. The van der Waals surface area contributed by atoms with Gasteiger partial charge in [-0.3, -0.25) is 4.99 Å². The van der Waals surface area contributed by atoms with Crippen LogP contribution in [-0.2, 0) is 6.42 Å². The Labute approximate surface area is 78.6 Å². The third-order valence-corrected chi connectivity index (χ3v) is 1.92. The lowest BCUT2D eigenvalue weighted by Gasteiger charge is -1.98. The zero-order valence-corrected chi connectivity index (χ0v) is 7.95. The van der Waals surface area contributed by atoms with Crippen LogP contribution >= 0.6 is 0 Å². The summed E-state index contributed by atoms with van der Waals surface area (Å²) >= 11 is 0. The summed E-state index contributed by atoms with van der Waals surface area (Å²) in [7, 11) is 1.80. The molecular formula is C10H15N3. The highest BCUT2D eigenvalue weighted by Gasteiger charge is 1.96. The largest absolute Gasteiger partial charge is 0.349 e. The van der Waals surface area contributed by atoms with Crippen LogP contribution in [0.4, 0.5) is 0 Å². The lowest BCUT2D eigenvalue weighted by atomic mass is 10.1. The predicted molar refractivity (Wildman–Crippen MR) is 55.1 cm³/mol. The van der Waals surface area contributed by atoms with Crippen molar-refractivity contribution in [3.63, 3.8) is 0 Å². The number of aliphatic imine (C=N–C) groups is 1. The summed E-state index contributed by atoms with van der Waals surface area (Å²) < 4.78 is 0. The van der Waals surface area contributed by atoms with Crippen LogP contribution in [0.5, 0.6) is 0 Å². The van der Waals surface area contributed by atoms with E-state index in [0.29, 0.717) is 0 Å². The maximum atomic E-state index is 4.14. The number of nitrogens with zero attached hydrogens (tertiary/aromatic N) is 2. The third kappa shape index (κ3) is 3.23. The molecule has 1 heterocycles. The van der Waals surface area contributed by atoms with Gasteiger partial charge in [0.25, 0.3) is 0 Å². The first kappa shape index (κ1) is 9.71. The molecule has 0 amide bonds. The standard InChI is InChI=1S/C10H15N3/c1-3-9(11-2)5-4-6-10-12-7-8-13-10/h3,7-8H,1,4-6H2,2H3,(H,12,13). The van der Waals surface area contributed by atoms with E-state index in [9.17, 15) is 0 Å². The number of nitrogens with one attached hydrogen (secondary N) is 1. The molecule has 0 aliphatic carbocycles. The Bertz CT molecular complexity index is 272. The molecule has 0 fully saturated rings. The van der Waals surface area contributed by atoms with E-state index in [-0.39, 0.29) is 0 Å². The average Bonchev–Trinajstić information content (AvgIpc) is 2.65. The molecule has 0 aromatic carbocycles. The molecule has 0 aliphatic rings.